The fourth-order valence-electron chi connectivity index (χ4n) is 3.73. The number of carbonyl (C=O) groups is 1. The van der Waals surface area contributed by atoms with E-state index in [2.05, 4.69) is 14.9 Å². The number of aliphatic hydroxyl groups is 1. The van der Waals surface area contributed by atoms with E-state index >= 15 is 0 Å². The first-order chi connectivity index (χ1) is 14.2. The molecular formula is C22H32N4O4. The molecule has 1 aliphatic heterocycles. The zero-order chi connectivity index (χ0) is 21.9. The highest BCUT2D eigenvalue weighted by atomic mass is 16.6. The van der Waals surface area contributed by atoms with Crippen LogP contribution in [0, 0.1) is 0 Å². The van der Waals surface area contributed by atoms with Crippen molar-refractivity contribution in [1.82, 2.24) is 19.8 Å². The number of aliphatic hydroxyl groups excluding tert-OH is 1. The van der Waals surface area contributed by atoms with Crippen LogP contribution in [0.5, 0.6) is 5.88 Å². The standard InChI is InChI=1S/C22H32N4O4/c1-22(2,3)30-21(28)25(4)15-9-12-26(13-10-15)14-18(27)16-8-11-23-17-6-7-19(29-5)24-20(16)17/h6-8,11,15,18,27H,9-10,12-14H2,1-5H3/t18-/m0/s1. The molecule has 1 aliphatic rings. The van der Waals surface area contributed by atoms with Gasteiger partial charge in [-0.1, -0.05) is 0 Å². The molecule has 0 radical (unpaired) electrons. The van der Waals surface area contributed by atoms with Crippen LogP contribution in [0.15, 0.2) is 24.4 Å². The predicted molar refractivity (Wildman–Crippen MR) is 115 cm³/mol. The Labute approximate surface area is 177 Å². The first-order valence-corrected chi connectivity index (χ1v) is 10.3. The lowest BCUT2D eigenvalue weighted by Gasteiger charge is -2.37. The number of carbonyl (C=O) groups excluding carboxylic acids is 1. The van der Waals surface area contributed by atoms with Crippen molar-refractivity contribution in [2.24, 2.45) is 0 Å². The number of hydrogen-bond acceptors (Lipinski definition) is 7. The van der Waals surface area contributed by atoms with Gasteiger partial charge in [0.15, 0.2) is 0 Å². The van der Waals surface area contributed by atoms with E-state index in [1.807, 2.05) is 32.9 Å². The maximum absolute atomic E-state index is 12.3. The molecule has 1 amide bonds. The van der Waals surface area contributed by atoms with Gasteiger partial charge in [0, 0.05) is 50.6 Å². The molecule has 164 valence electrons. The SMILES string of the molecule is COc1ccc2nccc([C@@H](O)CN3CCC(N(C)C(=O)OC(C)(C)C)CC3)c2n1. The highest BCUT2D eigenvalue weighted by Gasteiger charge is 2.29. The number of rotatable bonds is 5. The van der Waals surface area contributed by atoms with Crippen molar-refractivity contribution in [3.63, 3.8) is 0 Å². The number of piperidine rings is 1. The molecule has 30 heavy (non-hydrogen) atoms. The summed E-state index contributed by atoms with van der Waals surface area (Å²) in [5.74, 6) is 0.495. The van der Waals surface area contributed by atoms with Gasteiger partial charge in [0.2, 0.25) is 5.88 Å². The molecule has 3 heterocycles. The van der Waals surface area contributed by atoms with Crippen molar-refractivity contribution in [2.75, 3.05) is 33.8 Å². The normalized spacial score (nSPS) is 17.0. The maximum atomic E-state index is 12.3. The average Bonchev–Trinajstić information content (AvgIpc) is 2.71. The second-order valence-electron chi connectivity index (χ2n) is 8.76. The molecule has 0 aliphatic carbocycles. The van der Waals surface area contributed by atoms with Gasteiger partial charge in [-0.25, -0.2) is 9.78 Å². The number of ether oxygens (including phenoxy) is 2. The topological polar surface area (TPSA) is 88.0 Å². The smallest absolute Gasteiger partial charge is 0.410 e. The lowest BCUT2D eigenvalue weighted by molar-refractivity contribution is 0.0125. The third-order valence-electron chi connectivity index (χ3n) is 5.38. The summed E-state index contributed by atoms with van der Waals surface area (Å²) < 4.78 is 10.7. The lowest BCUT2D eigenvalue weighted by atomic mass is 10.0. The summed E-state index contributed by atoms with van der Waals surface area (Å²) in [5, 5.41) is 10.9. The van der Waals surface area contributed by atoms with Crippen LogP contribution in [0.25, 0.3) is 11.0 Å². The van der Waals surface area contributed by atoms with Gasteiger partial charge in [0.25, 0.3) is 0 Å². The minimum Gasteiger partial charge on any atom is -0.481 e. The zero-order valence-corrected chi connectivity index (χ0v) is 18.5. The van der Waals surface area contributed by atoms with Crippen LogP contribution >= 0.6 is 0 Å². The Bertz CT molecular complexity index is 875. The molecule has 2 aromatic rings. The molecule has 0 aromatic carbocycles. The number of likely N-dealkylation sites (tertiary alicyclic amines) is 1. The number of hydrogen-bond donors (Lipinski definition) is 1. The van der Waals surface area contributed by atoms with E-state index in [4.69, 9.17) is 9.47 Å². The minimum absolute atomic E-state index is 0.140. The van der Waals surface area contributed by atoms with Gasteiger partial charge >= 0.3 is 6.09 Å². The van der Waals surface area contributed by atoms with Crippen molar-refractivity contribution in [2.45, 2.75) is 51.4 Å². The predicted octanol–water partition coefficient (Wildman–Crippen LogP) is 3.00. The van der Waals surface area contributed by atoms with Crippen molar-refractivity contribution in [3.8, 4) is 5.88 Å². The number of nitrogens with zero attached hydrogens (tertiary/aromatic N) is 4. The van der Waals surface area contributed by atoms with Crippen LogP contribution in [-0.4, -0.2) is 76.4 Å². The van der Waals surface area contributed by atoms with Crippen molar-refractivity contribution in [1.29, 1.82) is 0 Å². The first-order valence-electron chi connectivity index (χ1n) is 10.3. The Morgan fingerprint density at radius 2 is 2.00 bits per heavy atom. The maximum Gasteiger partial charge on any atom is 0.410 e. The van der Waals surface area contributed by atoms with Crippen LogP contribution in [0.2, 0.25) is 0 Å². The summed E-state index contributed by atoms with van der Waals surface area (Å²) in [5.41, 5.74) is 1.63. The fraction of sp³-hybridized carbons (Fsp3) is 0.591. The molecule has 2 aromatic heterocycles. The lowest BCUT2D eigenvalue weighted by Crippen LogP contribution is -2.47. The van der Waals surface area contributed by atoms with Gasteiger partial charge in [0.1, 0.15) is 5.60 Å². The summed E-state index contributed by atoms with van der Waals surface area (Å²) in [6.45, 7) is 7.71. The Hall–Kier alpha value is -2.45. The largest absolute Gasteiger partial charge is 0.481 e. The van der Waals surface area contributed by atoms with Crippen LogP contribution in [0.3, 0.4) is 0 Å². The van der Waals surface area contributed by atoms with E-state index in [1.165, 1.54) is 0 Å². The van der Waals surface area contributed by atoms with E-state index < -0.39 is 11.7 Å². The summed E-state index contributed by atoms with van der Waals surface area (Å²) in [4.78, 5) is 25.0. The van der Waals surface area contributed by atoms with Gasteiger partial charge in [0.05, 0.1) is 24.2 Å². The zero-order valence-electron chi connectivity index (χ0n) is 18.5. The molecule has 3 rings (SSSR count). The number of fused-ring (bicyclic) bond motifs is 1. The molecular weight excluding hydrogens is 384 g/mol. The second-order valence-corrected chi connectivity index (χ2v) is 8.76. The second kappa shape index (κ2) is 9.14. The number of aromatic nitrogens is 2. The van der Waals surface area contributed by atoms with Crippen LogP contribution < -0.4 is 4.74 Å². The van der Waals surface area contributed by atoms with E-state index in [9.17, 15) is 9.90 Å². The van der Waals surface area contributed by atoms with Crippen molar-refractivity contribution < 1.29 is 19.4 Å². The Morgan fingerprint density at radius 3 is 2.63 bits per heavy atom. The minimum atomic E-state index is -0.685. The first kappa shape index (κ1) is 22.2. The summed E-state index contributed by atoms with van der Waals surface area (Å²) in [7, 11) is 3.37. The average molecular weight is 417 g/mol. The summed E-state index contributed by atoms with van der Waals surface area (Å²) >= 11 is 0. The van der Waals surface area contributed by atoms with E-state index in [1.54, 1.807) is 31.3 Å². The highest BCUT2D eigenvalue weighted by Crippen LogP contribution is 2.26. The number of β-amino-alcohol motifs (C(OH)–C–C–N with tert-alkyl or cyclic N) is 1. The van der Waals surface area contributed by atoms with E-state index in [-0.39, 0.29) is 12.1 Å². The molecule has 8 nitrogen and oxygen atoms in total. The molecule has 0 saturated carbocycles. The van der Waals surface area contributed by atoms with Gasteiger partial charge in [-0.3, -0.25) is 4.98 Å². The van der Waals surface area contributed by atoms with Gasteiger partial charge in [-0.2, -0.15) is 0 Å². The Balaban J connectivity index is 1.60. The highest BCUT2D eigenvalue weighted by molar-refractivity contribution is 5.78. The molecule has 1 saturated heterocycles. The van der Waals surface area contributed by atoms with Crippen molar-refractivity contribution in [3.05, 3.63) is 30.0 Å². The van der Waals surface area contributed by atoms with E-state index in [0.29, 0.717) is 17.9 Å². The molecule has 8 heteroatoms. The number of pyridine rings is 2. The molecule has 1 atom stereocenters. The van der Waals surface area contributed by atoms with Gasteiger partial charge in [-0.15, -0.1) is 0 Å². The number of amides is 1. The monoisotopic (exact) mass is 416 g/mol. The molecule has 1 N–H and O–H groups in total. The summed E-state index contributed by atoms with van der Waals surface area (Å²) in [6, 6.07) is 5.55. The van der Waals surface area contributed by atoms with Gasteiger partial charge in [-0.05, 0) is 45.7 Å². The number of methoxy groups -OCH3 is 1. The third kappa shape index (κ3) is 5.37. The Kier molecular flexibility index (Phi) is 6.77. The van der Waals surface area contributed by atoms with Crippen molar-refractivity contribution >= 4 is 17.1 Å². The molecule has 1 fully saturated rings. The van der Waals surface area contributed by atoms with Gasteiger partial charge < -0.3 is 24.4 Å². The van der Waals surface area contributed by atoms with Crippen LogP contribution in [0.4, 0.5) is 4.79 Å². The molecule has 0 bridgehead atoms. The van der Waals surface area contributed by atoms with Crippen LogP contribution in [-0.2, 0) is 4.74 Å². The Morgan fingerprint density at radius 1 is 1.30 bits per heavy atom. The molecule has 0 unspecified atom stereocenters. The fourth-order valence-corrected chi connectivity index (χ4v) is 3.73. The summed E-state index contributed by atoms with van der Waals surface area (Å²) in [6.07, 6.45) is 2.40. The third-order valence-corrected chi connectivity index (χ3v) is 5.38. The molecule has 0 spiro atoms. The quantitative estimate of drug-likeness (QED) is 0.801. The van der Waals surface area contributed by atoms with Crippen LogP contribution in [0.1, 0.15) is 45.3 Å². The van der Waals surface area contributed by atoms with E-state index in [0.717, 1.165) is 37.0 Å².